The molecular weight excluding hydrogens is 414 g/mol. The Morgan fingerprint density at radius 2 is 1.64 bits per heavy atom. The predicted octanol–water partition coefficient (Wildman–Crippen LogP) is 5.43. The van der Waals surface area contributed by atoms with E-state index in [0.717, 1.165) is 32.2 Å². The normalized spacial score (nSPS) is 11.0. The SMILES string of the molecule is O=C(N/N=C\c1ccccc1Br)c1cc(-c2ccccc2)nc2ccccc12. The predicted molar refractivity (Wildman–Crippen MR) is 116 cm³/mol. The first-order valence-electron chi connectivity index (χ1n) is 8.75. The van der Waals surface area contributed by atoms with Crippen molar-refractivity contribution < 1.29 is 4.79 Å². The number of hydrogen-bond donors (Lipinski definition) is 1. The van der Waals surface area contributed by atoms with E-state index in [4.69, 9.17) is 4.98 Å². The molecule has 0 saturated carbocycles. The maximum Gasteiger partial charge on any atom is 0.272 e. The lowest BCUT2D eigenvalue weighted by Crippen LogP contribution is -2.18. The summed E-state index contributed by atoms with van der Waals surface area (Å²) in [5, 5.41) is 4.90. The van der Waals surface area contributed by atoms with E-state index in [1.165, 1.54) is 0 Å². The molecule has 1 amide bonds. The molecule has 0 unspecified atom stereocenters. The third-order valence-electron chi connectivity index (χ3n) is 4.31. The van der Waals surface area contributed by atoms with Crippen molar-refractivity contribution in [3.8, 4) is 11.3 Å². The first kappa shape index (κ1) is 18.1. The number of nitrogens with zero attached hydrogens (tertiary/aromatic N) is 2. The number of fused-ring (bicyclic) bond motifs is 1. The quantitative estimate of drug-likeness (QED) is 0.347. The Bertz CT molecular complexity index is 1170. The van der Waals surface area contributed by atoms with Gasteiger partial charge in [0.1, 0.15) is 0 Å². The van der Waals surface area contributed by atoms with Crippen LogP contribution in [0.1, 0.15) is 15.9 Å². The van der Waals surface area contributed by atoms with Gasteiger partial charge in [-0.2, -0.15) is 5.10 Å². The molecule has 0 aliphatic rings. The Labute approximate surface area is 171 Å². The van der Waals surface area contributed by atoms with Crippen molar-refractivity contribution >= 4 is 39.0 Å². The molecule has 0 radical (unpaired) electrons. The van der Waals surface area contributed by atoms with Crippen LogP contribution in [-0.4, -0.2) is 17.1 Å². The molecule has 0 bridgehead atoms. The van der Waals surface area contributed by atoms with E-state index in [1.807, 2.05) is 78.9 Å². The highest BCUT2D eigenvalue weighted by Gasteiger charge is 2.13. The van der Waals surface area contributed by atoms with Crippen molar-refractivity contribution in [1.29, 1.82) is 0 Å². The molecule has 1 heterocycles. The molecule has 0 aliphatic carbocycles. The van der Waals surface area contributed by atoms with Gasteiger partial charge in [0.15, 0.2) is 0 Å². The van der Waals surface area contributed by atoms with Gasteiger partial charge >= 0.3 is 0 Å². The van der Waals surface area contributed by atoms with Crippen LogP contribution >= 0.6 is 15.9 Å². The van der Waals surface area contributed by atoms with Crippen molar-refractivity contribution in [2.24, 2.45) is 5.10 Å². The lowest BCUT2D eigenvalue weighted by Gasteiger charge is -2.09. The average molecular weight is 430 g/mol. The zero-order valence-electron chi connectivity index (χ0n) is 14.8. The zero-order chi connectivity index (χ0) is 19.3. The van der Waals surface area contributed by atoms with Gasteiger partial charge in [0.2, 0.25) is 0 Å². The fourth-order valence-corrected chi connectivity index (χ4v) is 3.31. The number of benzene rings is 3. The van der Waals surface area contributed by atoms with Gasteiger partial charge in [-0.15, -0.1) is 0 Å². The fraction of sp³-hybridized carbons (Fsp3) is 0. The topological polar surface area (TPSA) is 54.4 Å². The highest BCUT2D eigenvalue weighted by atomic mass is 79.9. The molecule has 0 aliphatic heterocycles. The summed E-state index contributed by atoms with van der Waals surface area (Å²) in [6.45, 7) is 0. The Kier molecular flexibility index (Phi) is 5.26. The Morgan fingerprint density at radius 1 is 0.929 bits per heavy atom. The first-order valence-corrected chi connectivity index (χ1v) is 9.55. The fourth-order valence-electron chi connectivity index (χ4n) is 2.92. The van der Waals surface area contributed by atoms with Crippen LogP contribution in [0.15, 0.2) is 94.5 Å². The number of hydrazone groups is 1. The van der Waals surface area contributed by atoms with Crippen LogP contribution in [-0.2, 0) is 0 Å². The van der Waals surface area contributed by atoms with Gasteiger partial charge in [-0.05, 0) is 18.2 Å². The van der Waals surface area contributed by atoms with Crippen molar-refractivity contribution in [1.82, 2.24) is 10.4 Å². The lowest BCUT2D eigenvalue weighted by molar-refractivity contribution is 0.0956. The van der Waals surface area contributed by atoms with E-state index >= 15 is 0 Å². The maximum atomic E-state index is 12.9. The molecule has 0 fully saturated rings. The van der Waals surface area contributed by atoms with Crippen LogP contribution in [0.3, 0.4) is 0 Å². The second kappa shape index (κ2) is 8.15. The van der Waals surface area contributed by atoms with E-state index in [2.05, 4.69) is 26.5 Å². The van der Waals surface area contributed by atoms with E-state index < -0.39 is 0 Å². The lowest BCUT2D eigenvalue weighted by atomic mass is 10.0. The highest BCUT2D eigenvalue weighted by Crippen LogP contribution is 2.24. The van der Waals surface area contributed by atoms with Gasteiger partial charge in [0.05, 0.1) is 23.0 Å². The van der Waals surface area contributed by atoms with Gasteiger partial charge in [-0.1, -0.05) is 82.7 Å². The second-order valence-corrected chi connectivity index (χ2v) is 7.01. The number of halogens is 1. The molecular formula is C23H16BrN3O. The molecule has 3 aromatic carbocycles. The number of nitrogens with one attached hydrogen (secondary N) is 1. The number of carbonyl (C=O) groups is 1. The first-order chi connectivity index (χ1) is 13.7. The Balaban J connectivity index is 1.69. The third-order valence-corrected chi connectivity index (χ3v) is 5.03. The summed E-state index contributed by atoms with van der Waals surface area (Å²) in [6, 6.07) is 26.9. The molecule has 0 spiro atoms. The highest BCUT2D eigenvalue weighted by molar-refractivity contribution is 9.10. The summed E-state index contributed by atoms with van der Waals surface area (Å²) in [4.78, 5) is 17.6. The van der Waals surface area contributed by atoms with Crippen LogP contribution < -0.4 is 5.43 Å². The summed E-state index contributed by atoms with van der Waals surface area (Å²) in [5.41, 5.74) is 6.52. The van der Waals surface area contributed by atoms with Crippen LogP contribution in [0.25, 0.3) is 22.2 Å². The minimum Gasteiger partial charge on any atom is -0.267 e. The van der Waals surface area contributed by atoms with Gasteiger partial charge in [-0.25, -0.2) is 10.4 Å². The molecule has 5 heteroatoms. The van der Waals surface area contributed by atoms with Gasteiger partial charge in [0, 0.05) is 21.0 Å². The summed E-state index contributed by atoms with van der Waals surface area (Å²) >= 11 is 3.46. The van der Waals surface area contributed by atoms with E-state index in [1.54, 1.807) is 12.3 Å². The number of hydrogen-bond acceptors (Lipinski definition) is 3. The minimum atomic E-state index is -0.279. The molecule has 28 heavy (non-hydrogen) atoms. The summed E-state index contributed by atoms with van der Waals surface area (Å²) in [5.74, 6) is -0.279. The third kappa shape index (κ3) is 3.85. The number of rotatable bonds is 4. The number of para-hydroxylation sites is 1. The minimum absolute atomic E-state index is 0.279. The second-order valence-electron chi connectivity index (χ2n) is 6.16. The smallest absolute Gasteiger partial charge is 0.267 e. The molecule has 4 nitrogen and oxygen atoms in total. The van der Waals surface area contributed by atoms with Crippen molar-refractivity contribution in [2.75, 3.05) is 0 Å². The van der Waals surface area contributed by atoms with Gasteiger partial charge < -0.3 is 0 Å². The monoisotopic (exact) mass is 429 g/mol. The van der Waals surface area contributed by atoms with Crippen molar-refractivity contribution in [2.45, 2.75) is 0 Å². The summed E-state index contributed by atoms with van der Waals surface area (Å²) in [6.07, 6.45) is 1.61. The molecule has 4 aromatic rings. The summed E-state index contributed by atoms with van der Waals surface area (Å²) < 4.78 is 0.911. The molecule has 4 rings (SSSR count). The molecule has 1 N–H and O–H groups in total. The molecule has 0 atom stereocenters. The number of amides is 1. The van der Waals surface area contributed by atoms with Gasteiger partial charge in [0.25, 0.3) is 5.91 Å². The molecule has 136 valence electrons. The Morgan fingerprint density at radius 3 is 2.46 bits per heavy atom. The summed E-state index contributed by atoms with van der Waals surface area (Å²) in [7, 11) is 0. The zero-order valence-corrected chi connectivity index (χ0v) is 16.4. The number of aromatic nitrogens is 1. The standard InChI is InChI=1S/C23H16BrN3O/c24-20-12-6-4-10-17(20)15-25-27-23(28)19-14-22(16-8-2-1-3-9-16)26-21-13-7-5-11-18(19)21/h1-15H,(H,27,28)/b25-15-. The van der Waals surface area contributed by atoms with Crippen molar-refractivity contribution in [3.05, 3.63) is 101 Å². The van der Waals surface area contributed by atoms with E-state index in [0.29, 0.717) is 5.56 Å². The molecule has 0 saturated heterocycles. The van der Waals surface area contributed by atoms with Crippen LogP contribution in [0, 0.1) is 0 Å². The Hall–Kier alpha value is -3.31. The van der Waals surface area contributed by atoms with Crippen LogP contribution in [0.5, 0.6) is 0 Å². The largest absolute Gasteiger partial charge is 0.272 e. The van der Waals surface area contributed by atoms with E-state index in [-0.39, 0.29) is 5.91 Å². The molecule has 1 aromatic heterocycles. The number of pyridine rings is 1. The average Bonchev–Trinajstić information content (AvgIpc) is 2.75. The van der Waals surface area contributed by atoms with Crippen LogP contribution in [0.4, 0.5) is 0 Å². The maximum absolute atomic E-state index is 12.9. The van der Waals surface area contributed by atoms with Crippen molar-refractivity contribution in [3.63, 3.8) is 0 Å². The van der Waals surface area contributed by atoms with Crippen LogP contribution in [0.2, 0.25) is 0 Å². The number of carbonyl (C=O) groups excluding carboxylic acids is 1. The van der Waals surface area contributed by atoms with Gasteiger partial charge in [-0.3, -0.25) is 4.79 Å². The van der Waals surface area contributed by atoms with E-state index in [9.17, 15) is 4.79 Å².